The maximum atomic E-state index is 14.3. The van der Waals surface area contributed by atoms with Crippen LogP contribution in [0.25, 0.3) is 11.1 Å². The molecular formula is C18H20FNO3. The van der Waals surface area contributed by atoms with Crippen LogP contribution in [0.15, 0.2) is 36.7 Å². The molecule has 1 aromatic carbocycles. The standard InChI is InChI=1S/C18H20FNO3/c1-12(2)4-3-9-23-13-5-6-15(17(19)10-13)14-7-8-20-11-16(14)18(21)22/h5-8,10-12H,3-4,9H2,1-2H3,(H,21,22). The van der Waals surface area contributed by atoms with E-state index in [1.807, 2.05) is 0 Å². The van der Waals surface area contributed by atoms with Gasteiger partial charge in [-0.3, -0.25) is 4.98 Å². The Kier molecular flexibility index (Phi) is 5.68. The average Bonchev–Trinajstić information content (AvgIpc) is 2.51. The van der Waals surface area contributed by atoms with Gasteiger partial charge in [0.2, 0.25) is 0 Å². The number of halogens is 1. The van der Waals surface area contributed by atoms with Crippen molar-refractivity contribution in [1.29, 1.82) is 0 Å². The summed E-state index contributed by atoms with van der Waals surface area (Å²) in [6.07, 6.45) is 4.62. The number of nitrogens with zero attached hydrogens (tertiary/aromatic N) is 1. The normalized spacial score (nSPS) is 10.8. The highest BCUT2D eigenvalue weighted by Crippen LogP contribution is 2.28. The Labute approximate surface area is 134 Å². The third-order valence-electron chi connectivity index (χ3n) is 3.48. The van der Waals surface area contributed by atoms with Crippen LogP contribution >= 0.6 is 0 Å². The monoisotopic (exact) mass is 317 g/mol. The summed E-state index contributed by atoms with van der Waals surface area (Å²) in [5.74, 6) is -0.596. The summed E-state index contributed by atoms with van der Waals surface area (Å²) in [5, 5.41) is 9.17. The van der Waals surface area contributed by atoms with Gasteiger partial charge in [0.1, 0.15) is 11.6 Å². The molecule has 0 bridgehead atoms. The first kappa shape index (κ1) is 16.9. The van der Waals surface area contributed by atoms with Crippen LogP contribution in [-0.4, -0.2) is 22.7 Å². The predicted molar refractivity (Wildman–Crippen MR) is 86.2 cm³/mol. The van der Waals surface area contributed by atoms with Crippen molar-refractivity contribution < 1.29 is 19.0 Å². The molecule has 0 aliphatic carbocycles. The minimum atomic E-state index is -1.14. The van der Waals surface area contributed by atoms with Gasteiger partial charge in [-0.25, -0.2) is 9.18 Å². The van der Waals surface area contributed by atoms with Crippen LogP contribution in [0.4, 0.5) is 4.39 Å². The molecule has 23 heavy (non-hydrogen) atoms. The highest BCUT2D eigenvalue weighted by Gasteiger charge is 2.15. The zero-order valence-electron chi connectivity index (χ0n) is 13.3. The summed E-state index contributed by atoms with van der Waals surface area (Å²) in [4.78, 5) is 15.0. The van der Waals surface area contributed by atoms with Gasteiger partial charge in [-0.05, 0) is 37.0 Å². The van der Waals surface area contributed by atoms with Crippen LogP contribution in [-0.2, 0) is 0 Å². The fourth-order valence-electron chi connectivity index (χ4n) is 2.29. The minimum absolute atomic E-state index is 0.0306. The molecule has 0 radical (unpaired) electrons. The summed E-state index contributed by atoms with van der Waals surface area (Å²) in [5.41, 5.74) is 0.493. The maximum Gasteiger partial charge on any atom is 0.337 e. The first-order valence-corrected chi connectivity index (χ1v) is 7.59. The highest BCUT2D eigenvalue weighted by atomic mass is 19.1. The highest BCUT2D eigenvalue weighted by molar-refractivity contribution is 5.95. The molecule has 1 aromatic heterocycles. The van der Waals surface area contributed by atoms with Crippen molar-refractivity contribution in [3.8, 4) is 16.9 Å². The van der Waals surface area contributed by atoms with Crippen molar-refractivity contribution >= 4 is 5.97 Å². The molecule has 4 nitrogen and oxygen atoms in total. The number of ether oxygens (including phenoxy) is 1. The number of benzene rings is 1. The van der Waals surface area contributed by atoms with Crippen LogP contribution in [0.1, 0.15) is 37.0 Å². The van der Waals surface area contributed by atoms with E-state index in [0.717, 1.165) is 12.8 Å². The molecule has 122 valence electrons. The first-order valence-electron chi connectivity index (χ1n) is 7.59. The van der Waals surface area contributed by atoms with Gasteiger partial charge in [0.25, 0.3) is 0 Å². The van der Waals surface area contributed by atoms with Gasteiger partial charge in [0.05, 0.1) is 12.2 Å². The molecule has 0 saturated heterocycles. The molecule has 0 amide bonds. The molecule has 5 heteroatoms. The van der Waals surface area contributed by atoms with E-state index in [4.69, 9.17) is 4.74 Å². The lowest BCUT2D eigenvalue weighted by Crippen LogP contribution is -2.02. The summed E-state index contributed by atoms with van der Waals surface area (Å²) in [6, 6.07) is 5.97. The van der Waals surface area contributed by atoms with E-state index in [-0.39, 0.29) is 11.1 Å². The van der Waals surface area contributed by atoms with Crippen molar-refractivity contribution in [1.82, 2.24) is 4.98 Å². The Hall–Kier alpha value is -2.43. The van der Waals surface area contributed by atoms with E-state index in [0.29, 0.717) is 23.8 Å². The molecule has 0 aliphatic rings. The predicted octanol–water partition coefficient (Wildman–Crippen LogP) is 4.40. The van der Waals surface area contributed by atoms with Gasteiger partial charge in [-0.1, -0.05) is 13.8 Å². The van der Waals surface area contributed by atoms with Crippen molar-refractivity contribution in [2.75, 3.05) is 6.61 Å². The number of aromatic nitrogens is 1. The topological polar surface area (TPSA) is 59.4 Å². The van der Waals surface area contributed by atoms with E-state index in [1.165, 1.54) is 30.6 Å². The second-order valence-corrected chi connectivity index (χ2v) is 5.75. The summed E-state index contributed by atoms with van der Waals surface area (Å²) < 4.78 is 19.9. The van der Waals surface area contributed by atoms with Gasteiger partial charge in [0, 0.05) is 29.6 Å². The lowest BCUT2D eigenvalue weighted by Gasteiger charge is -2.10. The van der Waals surface area contributed by atoms with E-state index in [9.17, 15) is 14.3 Å². The van der Waals surface area contributed by atoms with E-state index >= 15 is 0 Å². The number of hydrogen-bond acceptors (Lipinski definition) is 3. The summed E-state index contributed by atoms with van der Waals surface area (Å²) in [7, 11) is 0. The Morgan fingerprint density at radius 2 is 2.09 bits per heavy atom. The molecule has 1 heterocycles. The molecule has 0 atom stereocenters. The molecular weight excluding hydrogens is 297 g/mol. The van der Waals surface area contributed by atoms with Gasteiger partial charge in [-0.15, -0.1) is 0 Å². The van der Waals surface area contributed by atoms with E-state index < -0.39 is 11.8 Å². The molecule has 1 N–H and O–H groups in total. The summed E-state index contributed by atoms with van der Waals surface area (Å²) in [6.45, 7) is 4.82. The SMILES string of the molecule is CC(C)CCCOc1ccc(-c2ccncc2C(=O)O)c(F)c1. The fraction of sp³-hybridized carbons (Fsp3) is 0.333. The van der Waals surface area contributed by atoms with Gasteiger partial charge in [0.15, 0.2) is 0 Å². The van der Waals surface area contributed by atoms with Crippen molar-refractivity contribution in [2.24, 2.45) is 5.92 Å². The maximum absolute atomic E-state index is 14.3. The van der Waals surface area contributed by atoms with Crippen molar-refractivity contribution in [2.45, 2.75) is 26.7 Å². The Bertz CT molecular complexity index is 686. The van der Waals surface area contributed by atoms with E-state index in [1.54, 1.807) is 6.07 Å². The molecule has 0 fully saturated rings. The zero-order chi connectivity index (χ0) is 16.8. The van der Waals surface area contributed by atoms with Crippen LogP contribution < -0.4 is 4.74 Å². The van der Waals surface area contributed by atoms with Gasteiger partial charge >= 0.3 is 5.97 Å². The number of carboxylic acid groups (broad SMARTS) is 1. The summed E-state index contributed by atoms with van der Waals surface area (Å²) >= 11 is 0. The second kappa shape index (κ2) is 7.72. The van der Waals surface area contributed by atoms with Crippen molar-refractivity contribution in [3.63, 3.8) is 0 Å². The number of carboxylic acids is 1. The average molecular weight is 317 g/mol. The third-order valence-corrected chi connectivity index (χ3v) is 3.48. The smallest absolute Gasteiger partial charge is 0.337 e. The quantitative estimate of drug-likeness (QED) is 0.769. The fourth-order valence-corrected chi connectivity index (χ4v) is 2.29. The lowest BCUT2D eigenvalue weighted by molar-refractivity contribution is 0.0697. The molecule has 0 unspecified atom stereocenters. The second-order valence-electron chi connectivity index (χ2n) is 5.75. The third kappa shape index (κ3) is 4.52. The molecule has 0 saturated carbocycles. The van der Waals surface area contributed by atoms with Gasteiger partial charge in [-0.2, -0.15) is 0 Å². The van der Waals surface area contributed by atoms with Crippen LogP contribution in [0.2, 0.25) is 0 Å². The molecule has 2 rings (SSSR count). The Morgan fingerprint density at radius 1 is 1.30 bits per heavy atom. The molecule has 0 spiro atoms. The number of rotatable bonds is 7. The molecule has 0 aliphatic heterocycles. The Balaban J connectivity index is 2.15. The van der Waals surface area contributed by atoms with Crippen LogP contribution in [0, 0.1) is 11.7 Å². The Morgan fingerprint density at radius 3 is 2.74 bits per heavy atom. The lowest BCUT2D eigenvalue weighted by atomic mass is 10.0. The van der Waals surface area contributed by atoms with E-state index in [2.05, 4.69) is 18.8 Å². The van der Waals surface area contributed by atoms with Gasteiger partial charge < -0.3 is 9.84 Å². The number of aromatic carboxylic acids is 1. The van der Waals surface area contributed by atoms with Crippen molar-refractivity contribution in [3.05, 3.63) is 48.0 Å². The number of pyridine rings is 1. The molecule has 2 aromatic rings. The zero-order valence-corrected chi connectivity index (χ0v) is 13.3. The number of carbonyl (C=O) groups is 1. The minimum Gasteiger partial charge on any atom is -0.493 e. The van der Waals surface area contributed by atoms with Crippen LogP contribution in [0.5, 0.6) is 5.75 Å². The first-order chi connectivity index (χ1) is 11.0. The number of hydrogen-bond donors (Lipinski definition) is 1. The largest absolute Gasteiger partial charge is 0.493 e. The van der Waals surface area contributed by atoms with Crippen LogP contribution in [0.3, 0.4) is 0 Å².